The van der Waals surface area contributed by atoms with E-state index >= 15 is 0 Å². The van der Waals surface area contributed by atoms with Crippen molar-refractivity contribution in [1.29, 1.82) is 0 Å². The van der Waals surface area contributed by atoms with Gasteiger partial charge in [-0.1, -0.05) is 0 Å². The molecule has 0 radical (unpaired) electrons. The van der Waals surface area contributed by atoms with Crippen molar-refractivity contribution < 1.29 is 22.7 Å². The molecule has 1 aliphatic heterocycles. The van der Waals surface area contributed by atoms with E-state index in [1.165, 1.54) is 12.1 Å². The van der Waals surface area contributed by atoms with E-state index < -0.39 is 17.8 Å². The highest BCUT2D eigenvalue weighted by molar-refractivity contribution is 5.90. The zero-order valence-corrected chi connectivity index (χ0v) is 13.7. The molecule has 24 heavy (non-hydrogen) atoms. The van der Waals surface area contributed by atoms with Crippen molar-refractivity contribution >= 4 is 11.7 Å². The van der Waals surface area contributed by atoms with Crippen molar-refractivity contribution in [1.82, 2.24) is 10.2 Å². The molecule has 0 unspecified atom stereocenters. The van der Waals surface area contributed by atoms with Crippen LogP contribution in [0.15, 0.2) is 18.2 Å². The molecule has 1 aromatic carbocycles. The highest BCUT2D eigenvalue weighted by atomic mass is 19.4. The third kappa shape index (κ3) is 5.02. The number of piperidine rings is 1. The van der Waals surface area contributed by atoms with Gasteiger partial charge in [0.1, 0.15) is 5.75 Å². The Bertz CT molecular complexity index is 570. The van der Waals surface area contributed by atoms with Gasteiger partial charge in [-0.05, 0) is 58.1 Å². The van der Waals surface area contributed by atoms with Crippen LogP contribution in [0.25, 0.3) is 0 Å². The largest absolute Gasteiger partial charge is 0.494 e. The molecule has 1 heterocycles. The first-order chi connectivity index (χ1) is 11.3. The van der Waals surface area contributed by atoms with Crippen molar-refractivity contribution in [3.8, 4) is 5.75 Å². The number of anilines is 1. The third-order valence-electron chi connectivity index (χ3n) is 3.91. The van der Waals surface area contributed by atoms with Gasteiger partial charge in [-0.25, -0.2) is 4.79 Å². The fourth-order valence-electron chi connectivity index (χ4n) is 2.62. The van der Waals surface area contributed by atoms with E-state index in [-0.39, 0.29) is 24.1 Å². The highest BCUT2D eigenvalue weighted by Crippen LogP contribution is 2.37. The van der Waals surface area contributed by atoms with Gasteiger partial charge in [-0.15, -0.1) is 0 Å². The Kier molecular flexibility index (Phi) is 5.93. The summed E-state index contributed by atoms with van der Waals surface area (Å²) in [4.78, 5) is 14.2. The number of rotatable bonds is 4. The zero-order valence-electron chi connectivity index (χ0n) is 13.7. The molecule has 1 saturated heterocycles. The summed E-state index contributed by atoms with van der Waals surface area (Å²) in [6, 6.07) is 2.86. The average Bonchev–Trinajstić information content (AvgIpc) is 2.50. The molecule has 0 bridgehead atoms. The molecule has 8 heteroatoms. The van der Waals surface area contributed by atoms with Crippen molar-refractivity contribution in [2.24, 2.45) is 0 Å². The number of amides is 2. The second kappa shape index (κ2) is 7.74. The number of carbonyl (C=O) groups excluding carboxylic acids is 1. The van der Waals surface area contributed by atoms with E-state index in [1.807, 2.05) is 7.05 Å². The first kappa shape index (κ1) is 18.4. The molecule has 134 valence electrons. The Labute approximate surface area is 139 Å². The van der Waals surface area contributed by atoms with Crippen LogP contribution in [-0.4, -0.2) is 43.7 Å². The molecule has 2 N–H and O–H groups in total. The molecule has 1 fully saturated rings. The first-order valence-electron chi connectivity index (χ1n) is 7.89. The van der Waals surface area contributed by atoms with Crippen LogP contribution in [0.5, 0.6) is 5.75 Å². The molecule has 0 aromatic heterocycles. The number of urea groups is 1. The standard InChI is InChI=1S/C16H22F3N3O2/c1-3-24-12-4-5-14(13(10-12)16(17,18)19)21-15(23)20-11-6-8-22(2)9-7-11/h4-5,10-11H,3,6-9H2,1-2H3,(H2,20,21,23). The number of nitrogens with one attached hydrogen (secondary N) is 2. The van der Waals surface area contributed by atoms with Crippen LogP contribution in [0.3, 0.4) is 0 Å². The first-order valence-corrected chi connectivity index (χ1v) is 7.89. The lowest BCUT2D eigenvalue weighted by molar-refractivity contribution is -0.137. The number of ether oxygens (including phenoxy) is 1. The van der Waals surface area contributed by atoms with Gasteiger partial charge in [0.15, 0.2) is 0 Å². The predicted molar refractivity (Wildman–Crippen MR) is 85.3 cm³/mol. The third-order valence-corrected chi connectivity index (χ3v) is 3.91. The van der Waals surface area contributed by atoms with Crippen LogP contribution in [0.4, 0.5) is 23.7 Å². The summed E-state index contributed by atoms with van der Waals surface area (Å²) in [5.74, 6) is 0.117. The predicted octanol–water partition coefficient (Wildman–Crippen LogP) is 3.32. The maximum atomic E-state index is 13.2. The molecular weight excluding hydrogens is 323 g/mol. The smallest absolute Gasteiger partial charge is 0.418 e. The van der Waals surface area contributed by atoms with E-state index in [4.69, 9.17) is 4.74 Å². The fraction of sp³-hybridized carbons (Fsp3) is 0.562. The van der Waals surface area contributed by atoms with Gasteiger partial charge in [0.05, 0.1) is 17.9 Å². The minimum absolute atomic E-state index is 0.0294. The maximum absolute atomic E-state index is 13.2. The minimum Gasteiger partial charge on any atom is -0.494 e. The van der Waals surface area contributed by atoms with Gasteiger partial charge in [-0.2, -0.15) is 13.2 Å². The van der Waals surface area contributed by atoms with Crippen LogP contribution in [0, 0.1) is 0 Å². The summed E-state index contributed by atoms with van der Waals surface area (Å²) in [6.07, 6.45) is -3.03. The highest BCUT2D eigenvalue weighted by Gasteiger charge is 2.34. The zero-order chi connectivity index (χ0) is 17.7. The monoisotopic (exact) mass is 345 g/mol. The molecule has 2 rings (SSSR count). The van der Waals surface area contributed by atoms with Gasteiger partial charge in [0, 0.05) is 6.04 Å². The minimum atomic E-state index is -4.58. The fourth-order valence-corrected chi connectivity index (χ4v) is 2.62. The second-order valence-corrected chi connectivity index (χ2v) is 5.81. The topological polar surface area (TPSA) is 53.6 Å². The molecule has 2 amide bonds. The lowest BCUT2D eigenvalue weighted by Crippen LogP contribution is -2.45. The number of hydrogen-bond acceptors (Lipinski definition) is 3. The molecule has 0 spiro atoms. The number of alkyl halides is 3. The van der Waals surface area contributed by atoms with E-state index in [0.29, 0.717) is 0 Å². The summed E-state index contributed by atoms with van der Waals surface area (Å²) < 4.78 is 44.7. The molecule has 5 nitrogen and oxygen atoms in total. The Balaban J connectivity index is 2.06. The summed E-state index contributed by atoms with van der Waals surface area (Å²) in [7, 11) is 1.99. The Morgan fingerprint density at radius 3 is 2.58 bits per heavy atom. The van der Waals surface area contributed by atoms with Crippen LogP contribution >= 0.6 is 0 Å². The molecule has 1 aromatic rings. The Hall–Kier alpha value is -1.96. The maximum Gasteiger partial charge on any atom is 0.418 e. The van der Waals surface area contributed by atoms with Crippen LogP contribution in [0.1, 0.15) is 25.3 Å². The Morgan fingerprint density at radius 2 is 2.00 bits per heavy atom. The molecule has 0 atom stereocenters. The van der Waals surface area contributed by atoms with Crippen LogP contribution in [-0.2, 0) is 6.18 Å². The van der Waals surface area contributed by atoms with E-state index in [0.717, 1.165) is 32.0 Å². The lowest BCUT2D eigenvalue weighted by atomic mass is 10.1. The molecular formula is C16H22F3N3O2. The van der Waals surface area contributed by atoms with E-state index in [2.05, 4.69) is 15.5 Å². The molecule has 0 aliphatic carbocycles. The van der Waals surface area contributed by atoms with Crippen LogP contribution in [0.2, 0.25) is 0 Å². The van der Waals surface area contributed by atoms with Gasteiger partial charge in [-0.3, -0.25) is 0 Å². The van der Waals surface area contributed by atoms with Gasteiger partial charge >= 0.3 is 12.2 Å². The van der Waals surface area contributed by atoms with Gasteiger partial charge < -0.3 is 20.3 Å². The normalized spacial score (nSPS) is 16.7. The van der Waals surface area contributed by atoms with Gasteiger partial charge in [0.25, 0.3) is 0 Å². The average molecular weight is 345 g/mol. The number of carbonyl (C=O) groups is 1. The SMILES string of the molecule is CCOc1ccc(NC(=O)NC2CCN(C)CC2)c(C(F)(F)F)c1. The van der Waals surface area contributed by atoms with Crippen molar-refractivity contribution in [3.05, 3.63) is 23.8 Å². The number of hydrogen-bond donors (Lipinski definition) is 2. The second-order valence-electron chi connectivity index (χ2n) is 5.81. The number of halogens is 3. The number of benzene rings is 1. The van der Waals surface area contributed by atoms with Crippen LogP contribution < -0.4 is 15.4 Å². The van der Waals surface area contributed by atoms with Gasteiger partial charge in [0.2, 0.25) is 0 Å². The summed E-state index contributed by atoms with van der Waals surface area (Å²) in [5, 5.41) is 5.04. The lowest BCUT2D eigenvalue weighted by Gasteiger charge is -2.29. The number of nitrogens with zero attached hydrogens (tertiary/aromatic N) is 1. The summed E-state index contributed by atoms with van der Waals surface area (Å²) in [6.45, 7) is 3.65. The van der Waals surface area contributed by atoms with Crippen molar-refractivity contribution in [2.45, 2.75) is 32.0 Å². The molecule has 1 aliphatic rings. The van der Waals surface area contributed by atoms with Crippen molar-refractivity contribution in [3.63, 3.8) is 0 Å². The quantitative estimate of drug-likeness (QED) is 0.880. The Morgan fingerprint density at radius 1 is 1.33 bits per heavy atom. The van der Waals surface area contributed by atoms with Crippen molar-refractivity contribution in [2.75, 3.05) is 32.1 Å². The summed E-state index contributed by atoms with van der Waals surface area (Å²) in [5.41, 5.74) is -1.21. The van der Waals surface area contributed by atoms with E-state index in [9.17, 15) is 18.0 Å². The number of likely N-dealkylation sites (tertiary alicyclic amines) is 1. The summed E-state index contributed by atoms with van der Waals surface area (Å²) >= 11 is 0. The molecule has 0 saturated carbocycles. The van der Waals surface area contributed by atoms with E-state index in [1.54, 1.807) is 6.92 Å².